The Labute approximate surface area is 118 Å². The molecular weight excluding hydrogens is 266 g/mol. The monoisotopic (exact) mass is 289 g/mol. The van der Waals surface area contributed by atoms with Gasteiger partial charge in [0.2, 0.25) is 0 Å². The summed E-state index contributed by atoms with van der Waals surface area (Å²) in [6.45, 7) is 5.97. The Bertz CT molecular complexity index is 341. The standard InChI is InChI=1S/C13H23NO2S2/c1-10(2)17-13-5-4-12(18-13)11(16)6-7-14(3)8-9-15/h4-5,10-11,15-16H,6-9H2,1-3H3. The number of hydrogen-bond donors (Lipinski definition) is 2. The van der Waals surface area contributed by atoms with Crippen molar-refractivity contribution in [3.8, 4) is 0 Å². The minimum atomic E-state index is -0.391. The maximum atomic E-state index is 10.1. The van der Waals surface area contributed by atoms with Crippen molar-refractivity contribution in [3.63, 3.8) is 0 Å². The van der Waals surface area contributed by atoms with Gasteiger partial charge in [0.05, 0.1) is 16.9 Å². The van der Waals surface area contributed by atoms with Gasteiger partial charge in [-0.2, -0.15) is 0 Å². The lowest BCUT2D eigenvalue weighted by Gasteiger charge is -2.16. The summed E-state index contributed by atoms with van der Waals surface area (Å²) in [5.74, 6) is 0. The van der Waals surface area contributed by atoms with Crippen molar-refractivity contribution in [3.05, 3.63) is 17.0 Å². The van der Waals surface area contributed by atoms with Crippen molar-refractivity contribution < 1.29 is 10.2 Å². The van der Waals surface area contributed by atoms with E-state index in [4.69, 9.17) is 5.11 Å². The van der Waals surface area contributed by atoms with Gasteiger partial charge < -0.3 is 15.1 Å². The quantitative estimate of drug-likeness (QED) is 0.722. The van der Waals surface area contributed by atoms with Crippen molar-refractivity contribution in [1.82, 2.24) is 4.90 Å². The smallest absolute Gasteiger partial charge is 0.0894 e. The minimum Gasteiger partial charge on any atom is -0.395 e. The van der Waals surface area contributed by atoms with Gasteiger partial charge in [-0.05, 0) is 25.6 Å². The summed E-state index contributed by atoms with van der Waals surface area (Å²) in [5, 5.41) is 19.5. The van der Waals surface area contributed by atoms with Crippen LogP contribution in [0, 0.1) is 0 Å². The maximum Gasteiger partial charge on any atom is 0.0894 e. The molecule has 0 amide bonds. The summed E-state index contributed by atoms with van der Waals surface area (Å²) in [7, 11) is 1.96. The molecule has 3 nitrogen and oxygen atoms in total. The molecule has 0 aromatic carbocycles. The molecule has 0 fully saturated rings. The molecule has 0 radical (unpaired) electrons. The third-order valence-corrected chi connectivity index (χ3v) is 4.91. The van der Waals surface area contributed by atoms with Gasteiger partial charge in [0, 0.05) is 23.2 Å². The second kappa shape index (κ2) is 8.17. The normalized spacial score (nSPS) is 13.5. The Morgan fingerprint density at radius 1 is 1.33 bits per heavy atom. The third kappa shape index (κ3) is 5.71. The van der Waals surface area contributed by atoms with Gasteiger partial charge in [-0.3, -0.25) is 0 Å². The van der Waals surface area contributed by atoms with E-state index in [0.717, 1.165) is 11.4 Å². The van der Waals surface area contributed by atoms with E-state index in [0.29, 0.717) is 18.2 Å². The van der Waals surface area contributed by atoms with Crippen LogP contribution in [0.1, 0.15) is 31.2 Å². The van der Waals surface area contributed by atoms with E-state index in [2.05, 4.69) is 19.9 Å². The van der Waals surface area contributed by atoms with Crippen LogP contribution < -0.4 is 0 Å². The van der Waals surface area contributed by atoms with Gasteiger partial charge in [-0.25, -0.2) is 0 Å². The molecule has 2 N–H and O–H groups in total. The summed E-state index contributed by atoms with van der Waals surface area (Å²) in [4.78, 5) is 3.07. The molecule has 104 valence electrons. The minimum absolute atomic E-state index is 0.167. The van der Waals surface area contributed by atoms with Gasteiger partial charge in [0.15, 0.2) is 0 Å². The van der Waals surface area contributed by atoms with Crippen molar-refractivity contribution in [2.24, 2.45) is 0 Å². The summed E-state index contributed by atoms with van der Waals surface area (Å²) in [6, 6.07) is 4.11. The molecule has 18 heavy (non-hydrogen) atoms. The number of nitrogens with zero attached hydrogens (tertiary/aromatic N) is 1. The van der Waals surface area contributed by atoms with E-state index < -0.39 is 6.10 Å². The van der Waals surface area contributed by atoms with Crippen LogP contribution in [0.4, 0.5) is 0 Å². The highest BCUT2D eigenvalue weighted by Gasteiger charge is 2.12. The van der Waals surface area contributed by atoms with Crippen LogP contribution in [0.15, 0.2) is 16.3 Å². The van der Waals surface area contributed by atoms with Crippen LogP contribution in [-0.2, 0) is 0 Å². The van der Waals surface area contributed by atoms with E-state index in [1.165, 1.54) is 4.21 Å². The molecule has 1 unspecified atom stereocenters. The molecule has 0 aliphatic rings. The summed E-state index contributed by atoms with van der Waals surface area (Å²) in [5.41, 5.74) is 0. The lowest BCUT2D eigenvalue weighted by molar-refractivity contribution is 0.144. The SMILES string of the molecule is CC(C)Sc1ccc(C(O)CCN(C)CCO)s1. The first-order valence-electron chi connectivity index (χ1n) is 6.26. The molecule has 1 heterocycles. The number of rotatable bonds is 8. The number of thioether (sulfide) groups is 1. The van der Waals surface area contributed by atoms with Crippen LogP contribution >= 0.6 is 23.1 Å². The molecule has 0 spiro atoms. The van der Waals surface area contributed by atoms with E-state index in [1.807, 2.05) is 29.8 Å². The average Bonchev–Trinajstić information content (AvgIpc) is 2.74. The highest BCUT2D eigenvalue weighted by atomic mass is 32.2. The molecule has 1 atom stereocenters. The fourth-order valence-electron chi connectivity index (χ4n) is 1.58. The summed E-state index contributed by atoms with van der Waals surface area (Å²) < 4.78 is 1.27. The Hall–Kier alpha value is -0.0700. The first-order chi connectivity index (χ1) is 8.52. The summed E-state index contributed by atoms with van der Waals surface area (Å²) >= 11 is 3.51. The van der Waals surface area contributed by atoms with Gasteiger partial charge in [-0.15, -0.1) is 23.1 Å². The van der Waals surface area contributed by atoms with Crippen LogP contribution in [0.3, 0.4) is 0 Å². The largest absolute Gasteiger partial charge is 0.395 e. The predicted molar refractivity (Wildman–Crippen MR) is 79.5 cm³/mol. The molecular formula is C13H23NO2S2. The molecule has 5 heteroatoms. The Balaban J connectivity index is 2.41. The molecule has 0 aliphatic carbocycles. The molecule has 1 aromatic heterocycles. The number of likely N-dealkylation sites (N-methyl/N-ethyl adjacent to an activating group) is 1. The highest BCUT2D eigenvalue weighted by Crippen LogP contribution is 2.33. The first-order valence-corrected chi connectivity index (χ1v) is 7.96. The number of aliphatic hydroxyl groups excluding tert-OH is 2. The zero-order chi connectivity index (χ0) is 13.5. The third-order valence-electron chi connectivity index (χ3n) is 2.55. The topological polar surface area (TPSA) is 43.7 Å². The molecule has 1 aromatic rings. The lowest BCUT2D eigenvalue weighted by Crippen LogP contribution is -2.24. The second-order valence-electron chi connectivity index (χ2n) is 4.65. The first kappa shape index (κ1) is 16.0. The van der Waals surface area contributed by atoms with E-state index in [-0.39, 0.29) is 6.61 Å². The zero-order valence-corrected chi connectivity index (χ0v) is 12.9. The van der Waals surface area contributed by atoms with Crippen molar-refractivity contribution in [1.29, 1.82) is 0 Å². The Kier molecular flexibility index (Phi) is 7.26. The van der Waals surface area contributed by atoms with Gasteiger partial charge in [-0.1, -0.05) is 13.8 Å². The molecule has 0 bridgehead atoms. The lowest BCUT2D eigenvalue weighted by atomic mass is 10.2. The molecule has 0 saturated carbocycles. The predicted octanol–water partition coefficient (Wildman–Crippen LogP) is 2.60. The van der Waals surface area contributed by atoms with Crippen molar-refractivity contribution in [2.45, 2.75) is 35.8 Å². The molecule has 0 aliphatic heterocycles. The van der Waals surface area contributed by atoms with E-state index in [1.54, 1.807) is 11.3 Å². The number of thiophene rings is 1. The zero-order valence-electron chi connectivity index (χ0n) is 11.3. The van der Waals surface area contributed by atoms with Gasteiger partial charge >= 0.3 is 0 Å². The van der Waals surface area contributed by atoms with Crippen LogP contribution in [-0.4, -0.2) is 47.1 Å². The molecule has 0 saturated heterocycles. The maximum absolute atomic E-state index is 10.1. The van der Waals surface area contributed by atoms with Crippen LogP contribution in [0.2, 0.25) is 0 Å². The van der Waals surface area contributed by atoms with E-state index >= 15 is 0 Å². The van der Waals surface area contributed by atoms with E-state index in [9.17, 15) is 5.11 Å². The second-order valence-corrected chi connectivity index (χ2v) is 7.65. The highest BCUT2D eigenvalue weighted by molar-refractivity contribution is 8.01. The fourth-order valence-corrected chi connectivity index (χ4v) is 4.00. The number of hydrogen-bond acceptors (Lipinski definition) is 5. The van der Waals surface area contributed by atoms with Crippen LogP contribution in [0.25, 0.3) is 0 Å². The van der Waals surface area contributed by atoms with Gasteiger partial charge in [0.25, 0.3) is 0 Å². The van der Waals surface area contributed by atoms with Crippen molar-refractivity contribution in [2.75, 3.05) is 26.7 Å². The fraction of sp³-hybridized carbons (Fsp3) is 0.692. The van der Waals surface area contributed by atoms with Crippen molar-refractivity contribution >= 4 is 23.1 Å². The van der Waals surface area contributed by atoms with Crippen LogP contribution in [0.5, 0.6) is 0 Å². The summed E-state index contributed by atoms with van der Waals surface area (Å²) in [6.07, 6.45) is 0.320. The number of aliphatic hydroxyl groups is 2. The average molecular weight is 289 g/mol. The molecule has 1 rings (SSSR count). The Morgan fingerprint density at radius 3 is 2.67 bits per heavy atom. The Morgan fingerprint density at radius 2 is 2.06 bits per heavy atom. The van der Waals surface area contributed by atoms with Gasteiger partial charge in [0.1, 0.15) is 0 Å².